The number of amides is 1. The molecule has 3 heterocycles. The van der Waals surface area contributed by atoms with E-state index in [-0.39, 0.29) is 36.6 Å². The minimum Gasteiger partial charge on any atom is -0.348 e. The number of hydrogen-bond donors (Lipinski definition) is 2. The number of likely N-dealkylation sites (tertiary alicyclic amines) is 1. The molecule has 37 heavy (non-hydrogen) atoms. The lowest BCUT2D eigenvalue weighted by Gasteiger charge is -2.41. The standard InChI is InChI=1S/C29H38F2N4O2/c1-6-22-14-21(11-12-34(22)16-26(30)31)19(4)35-20(5)27(23-9-7-8-10-25(23)35)29(37)32-15-24-17(2)13-18(3)33-28(24)36/h7-10,13,19,21-22,26H,6,11-12,14-16H2,1-5H3,(H,32,37)(H,33,36). The van der Waals surface area contributed by atoms with Crippen LogP contribution in [0, 0.1) is 26.7 Å². The molecule has 3 unspecified atom stereocenters. The number of alkyl halides is 2. The number of aromatic nitrogens is 2. The third-order valence-corrected chi connectivity index (χ3v) is 8.11. The zero-order chi connectivity index (χ0) is 26.9. The number of halogens is 2. The van der Waals surface area contributed by atoms with Crippen LogP contribution in [0.4, 0.5) is 8.78 Å². The Bertz CT molecular complexity index is 1330. The van der Waals surface area contributed by atoms with Gasteiger partial charge in [0.05, 0.1) is 12.1 Å². The van der Waals surface area contributed by atoms with Crippen molar-refractivity contribution in [2.24, 2.45) is 5.92 Å². The van der Waals surface area contributed by atoms with E-state index in [1.165, 1.54) is 0 Å². The molecule has 2 aromatic heterocycles. The highest BCUT2D eigenvalue weighted by Gasteiger charge is 2.34. The second kappa shape index (κ2) is 11.2. The number of pyridine rings is 1. The van der Waals surface area contributed by atoms with E-state index in [0.717, 1.165) is 47.1 Å². The molecule has 0 saturated carbocycles. The third-order valence-electron chi connectivity index (χ3n) is 8.11. The Kier molecular flexibility index (Phi) is 8.17. The molecule has 8 heteroatoms. The summed E-state index contributed by atoms with van der Waals surface area (Å²) in [6.45, 7) is 10.6. The molecule has 0 radical (unpaired) electrons. The third kappa shape index (κ3) is 5.49. The molecular weight excluding hydrogens is 474 g/mol. The minimum absolute atomic E-state index is 0.108. The van der Waals surface area contributed by atoms with Gasteiger partial charge in [-0.05, 0) is 77.1 Å². The average Bonchev–Trinajstić information content (AvgIpc) is 3.14. The Labute approximate surface area is 217 Å². The predicted molar refractivity (Wildman–Crippen MR) is 143 cm³/mol. The molecule has 1 aromatic carbocycles. The van der Waals surface area contributed by atoms with Gasteiger partial charge < -0.3 is 14.9 Å². The number of H-pyrrole nitrogens is 1. The van der Waals surface area contributed by atoms with Crippen molar-refractivity contribution < 1.29 is 13.6 Å². The first-order valence-corrected chi connectivity index (χ1v) is 13.2. The van der Waals surface area contributed by atoms with E-state index in [1.54, 1.807) is 0 Å². The Balaban J connectivity index is 1.61. The van der Waals surface area contributed by atoms with Crippen LogP contribution < -0.4 is 10.9 Å². The molecule has 1 aliphatic heterocycles. The lowest BCUT2D eigenvalue weighted by molar-refractivity contribution is 0.0269. The molecule has 2 N–H and O–H groups in total. The average molecular weight is 513 g/mol. The molecule has 3 atom stereocenters. The van der Waals surface area contributed by atoms with Gasteiger partial charge in [0.1, 0.15) is 0 Å². The Morgan fingerprint density at radius 3 is 2.62 bits per heavy atom. The lowest BCUT2D eigenvalue weighted by atomic mass is 9.84. The molecule has 200 valence electrons. The Morgan fingerprint density at radius 1 is 1.22 bits per heavy atom. The predicted octanol–water partition coefficient (Wildman–Crippen LogP) is 5.50. The molecule has 1 amide bonds. The van der Waals surface area contributed by atoms with Crippen molar-refractivity contribution in [1.29, 1.82) is 0 Å². The van der Waals surface area contributed by atoms with Gasteiger partial charge >= 0.3 is 0 Å². The molecule has 0 bridgehead atoms. The molecule has 6 nitrogen and oxygen atoms in total. The second-order valence-electron chi connectivity index (χ2n) is 10.4. The van der Waals surface area contributed by atoms with Crippen LogP contribution in [0.1, 0.15) is 72.0 Å². The molecular formula is C29H38F2N4O2. The van der Waals surface area contributed by atoms with Gasteiger partial charge in [0.2, 0.25) is 0 Å². The van der Waals surface area contributed by atoms with Crippen molar-refractivity contribution >= 4 is 16.8 Å². The number of nitrogens with zero attached hydrogens (tertiary/aromatic N) is 2. The monoisotopic (exact) mass is 512 g/mol. The van der Waals surface area contributed by atoms with Crippen LogP contribution in [-0.4, -0.2) is 45.9 Å². The number of aromatic amines is 1. The van der Waals surface area contributed by atoms with Gasteiger partial charge in [-0.2, -0.15) is 0 Å². The van der Waals surface area contributed by atoms with Crippen LogP contribution >= 0.6 is 0 Å². The highest BCUT2D eigenvalue weighted by atomic mass is 19.3. The summed E-state index contributed by atoms with van der Waals surface area (Å²) >= 11 is 0. The number of nitrogens with one attached hydrogen (secondary N) is 2. The van der Waals surface area contributed by atoms with E-state index in [4.69, 9.17) is 0 Å². The largest absolute Gasteiger partial charge is 0.348 e. The smallest absolute Gasteiger partial charge is 0.254 e. The topological polar surface area (TPSA) is 70.1 Å². The van der Waals surface area contributed by atoms with Crippen LogP contribution in [0.3, 0.4) is 0 Å². The van der Waals surface area contributed by atoms with Crippen LogP contribution in [0.15, 0.2) is 35.1 Å². The summed E-state index contributed by atoms with van der Waals surface area (Å²) < 4.78 is 28.4. The summed E-state index contributed by atoms with van der Waals surface area (Å²) in [7, 11) is 0. The highest BCUT2D eigenvalue weighted by molar-refractivity contribution is 6.08. The summed E-state index contributed by atoms with van der Waals surface area (Å²) in [6, 6.07) is 10.0. The van der Waals surface area contributed by atoms with E-state index in [0.29, 0.717) is 23.6 Å². The molecule has 1 saturated heterocycles. The molecule has 0 aliphatic carbocycles. The zero-order valence-corrected chi connectivity index (χ0v) is 22.4. The van der Waals surface area contributed by atoms with E-state index in [2.05, 4.69) is 28.7 Å². The van der Waals surface area contributed by atoms with Crippen LogP contribution in [0.5, 0.6) is 0 Å². The fourth-order valence-electron chi connectivity index (χ4n) is 6.18. The van der Waals surface area contributed by atoms with Crippen molar-refractivity contribution in [2.45, 2.75) is 78.9 Å². The minimum atomic E-state index is -2.32. The van der Waals surface area contributed by atoms with Crippen LogP contribution in [0.25, 0.3) is 10.9 Å². The van der Waals surface area contributed by atoms with E-state index in [9.17, 15) is 18.4 Å². The maximum Gasteiger partial charge on any atom is 0.254 e. The summed E-state index contributed by atoms with van der Waals surface area (Å²) in [5.74, 6) is 0.107. The zero-order valence-electron chi connectivity index (χ0n) is 22.4. The van der Waals surface area contributed by atoms with Crippen molar-refractivity contribution in [2.75, 3.05) is 13.1 Å². The van der Waals surface area contributed by atoms with Gasteiger partial charge in [0, 0.05) is 46.5 Å². The van der Waals surface area contributed by atoms with Crippen LogP contribution in [-0.2, 0) is 6.54 Å². The summed E-state index contributed by atoms with van der Waals surface area (Å²) in [5, 5.41) is 3.85. The Morgan fingerprint density at radius 2 is 1.95 bits per heavy atom. The number of fused-ring (bicyclic) bond motifs is 1. The van der Waals surface area contributed by atoms with Gasteiger partial charge in [0.25, 0.3) is 17.9 Å². The van der Waals surface area contributed by atoms with Gasteiger partial charge in [0.15, 0.2) is 0 Å². The van der Waals surface area contributed by atoms with Crippen LogP contribution in [0.2, 0.25) is 0 Å². The fraction of sp³-hybridized carbons (Fsp3) is 0.517. The summed E-state index contributed by atoms with van der Waals surface area (Å²) in [6.07, 6.45) is 0.215. The number of carbonyl (C=O) groups is 1. The fourth-order valence-corrected chi connectivity index (χ4v) is 6.18. The van der Waals surface area contributed by atoms with Gasteiger partial charge in [-0.1, -0.05) is 25.1 Å². The number of carbonyl (C=O) groups excluding carboxylic acids is 1. The number of aryl methyl sites for hydroxylation is 2. The number of rotatable bonds is 8. The molecule has 0 spiro atoms. The SMILES string of the molecule is CCC1CC(C(C)n2c(C)c(C(=O)NCc3c(C)cc(C)[nH]c3=O)c3ccccc32)CCN1CC(F)F. The highest BCUT2D eigenvalue weighted by Crippen LogP contribution is 2.38. The van der Waals surface area contributed by atoms with Gasteiger partial charge in [-0.3, -0.25) is 14.5 Å². The van der Waals surface area contributed by atoms with E-state index >= 15 is 0 Å². The molecule has 1 aliphatic rings. The molecule has 4 rings (SSSR count). The van der Waals surface area contributed by atoms with Crippen molar-refractivity contribution in [3.63, 3.8) is 0 Å². The van der Waals surface area contributed by atoms with Crippen molar-refractivity contribution in [1.82, 2.24) is 19.8 Å². The van der Waals surface area contributed by atoms with Gasteiger partial charge in [-0.25, -0.2) is 8.78 Å². The normalized spacial score (nSPS) is 19.5. The van der Waals surface area contributed by atoms with Crippen molar-refractivity contribution in [3.05, 3.63) is 68.8 Å². The van der Waals surface area contributed by atoms with E-state index < -0.39 is 6.43 Å². The van der Waals surface area contributed by atoms with Crippen molar-refractivity contribution in [3.8, 4) is 0 Å². The maximum atomic E-state index is 13.5. The summed E-state index contributed by atoms with van der Waals surface area (Å²) in [5.41, 5.74) is 4.48. The summed E-state index contributed by atoms with van der Waals surface area (Å²) in [4.78, 5) is 30.7. The number of benzene rings is 1. The first kappa shape index (κ1) is 27.0. The number of para-hydroxylation sites is 1. The lowest BCUT2D eigenvalue weighted by Crippen LogP contribution is -2.45. The van der Waals surface area contributed by atoms with E-state index in [1.807, 2.05) is 56.0 Å². The number of piperidine rings is 1. The molecule has 1 fully saturated rings. The first-order valence-electron chi connectivity index (χ1n) is 13.2. The Hall–Kier alpha value is -3.00. The second-order valence-corrected chi connectivity index (χ2v) is 10.4. The quantitative estimate of drug-likeness (QED) is 0.419. The maximum absolute atomic E-state index is 13.5. The first-order chi connectivity index (χ1) is 17.6. The molecule has 3 aromatic rings. The number of hydrogen-bond acceptors (Lipinski definition) is 3. The van der Waals surface area contributed by atoms with Gasteiger partial charge in [-0.15, -0.1) is 0 Å².